The van der Waals surface area contributed by atoms with E-state index in [1.807, 2.05) is 13.8 Å². The second-order valence-corrected chi connectivity index (χ2v) is 5.28. The van der Waals surface area contributed by atoms with Crippen LogP contribution < -0.4 is 4.74 Å². The largest absolute Gasteiger partial charge is 0.483 e. The molecule has 6 heteroatoms. The van der Waals surface area contributed by atoms with Gasteiger partial charge in [-0.2, -0.15) is 4.98 Å². The molecule has 0 spiro atoms. The average molecular weight is 297 g/mol. The zero-order valence-electron chi connectivity index (χ0n) is 11.6. The van der Waals surface area contributed by atoms with Crippen LogP contribution in [-0.2, 0) is 6.61 Å². The molecule has 1 aromatic heterocycles. The smallest absolute Gasteiger partial charge is 0.264 e. The van der Waals surface area contributed by atoms with E-state index in [-0.39, 0.29) is 12.5 Å². The molecule has 0 bridgehead atoms. The maximum absolute atomic E-state index is 9.71. The fraction of sp³-hybridized carbons (Fsp3) is 0.429. The Labute approximate surface area is 122 Å². The van der Waals surface area contributed by atoms with Gasteiger partial charge in [-0.05, 0) is 25.1 Å². The molecule has 0 saturated heterocycles. The van der Waals surface area contributed by atoms with Gasteiger partial charge in [0.1, 0.15) is 5.75 Å². The number of hydrogen-bond acceptors (Lipinski definition) is 5. The van der Waals surface area contributed by atoms with Gasteiger partial charge in [0, 0.05) is 16.5 Å². The topological polar surface area (TPSA) is 68.4 Å². The van der Waals surface area contributed by atoms with Crippen LogP contribution in [0.3, 0.4) is 0 Å². The van der Waals surface area contributed by atoms with Gasteiger partial charge in [-0.15, -0.1) is 0 Å². The first-order chi connectivity index (χ1) is 9.47. The monoisotopic (exact) mass is 296 g/mol. The molecule has 0 fully saturated rings. The molecular formula is C14H17ClN2O3. The third-order valence-electron chi connectivity index (χ3n) is 2.77. The minimum Gasteiger partial charge on any atom is -0.483 e. The molecule has 0 unspecified atom stereocenters. The predicted molar refractivity (Wildman–Crippen MR) is 74.8 cm³/mol. The van der Waals surface area contributed by atoms with Crippen LogP contribution in [0.4, 0.5) is 0 Å². The van der Waals surface area contributed by atoms with Crippen molar-refractivity contribution in [1.82, 2.24) is 10.1 Å². The summed E-state index contributed by atoms with van der Waals surface area (Å²) in [6.07, 6.45) is -0.669. The molecule has 20 heavy (non-hydrogen) atoms. The first-order valence-electron chi connectivity index (χ1n) is 6.40. The number of rotatable bonds is 5. The summed E-state index contributed by atoms with van der Waals surface area (Å²) in [6.45, 7) is 5.78. The second kappa shape index (κ2) is 6.24. The van der Waals surface area contributed by atoms with Crippen LogP contribution in [0.2, 0.25) is 5.02 Å². The Kier molecular flexibility index (Phi) is 4.62. The van der Waals surface area contributed by atoms with Crippen LogP contribution in [-0.4, -0.2) is 15.2 Å². The Bertz CT molecular complexity index is 582. The molecule has 1 heterocycles. The first-order valence-corrected chi connectivity index (χ1v) is 6.78. The van der Waals surface area contributed by atoms with E-state index in [1.54, 1.807) is 25.1 Å². The highest BCUT2D eigenvalue weighted by Gasteiger charge is 2.13. The number of nitrogens with zero attached hydrogens (tertiary/aromatic N) is 2. The highest BCUT2D eigenvalue weighted by molar-refractivity contribution is 6.30. The van der Waals surface area contributed by atoms with Gasteiger partial charge in [-0.25, -0.2) is 0 Å². The summed E-state index contributed by atoms with van der Waals surface area (Å²) >= 11 is 5.91. The van der Waals surface area contributed by atoms with Crippen LogP contribution in [0, 0.1) is 0 Å². The Hall–Kier alpha value is -1.59. The van der Waals surface area contributed by atoms with Crippen molar-refractivity contribution in [3.05, 3.63) is 40.5 Å². The summed E-state index contributed by atoms with van der Waals surface area (Å²) in [5.74, 6) is 1.81. The zero-order chi connectivity index (χ0) is 14.7. The summed E-state index contributed by atoms with van der Waals surface area (Å²) in [5, 5.41) is 14.1. The predicted octanol–water partition coefficient (Wildman–Crippen LogP) is 3.48. The molecule has 2 rings (SSSR count). The van der Waals surface area contributed by atoms with Gasteiger partial charge in [0.15, 0.2) is 12.4 Å². The molecule has 2 aromatic rings. The summed E-state index contributed by atoms with van der Waals surface area (Å²) in [5.41, 5.74) is 0.626. The molecular weight excluding hydrogens is 280 g/mol. The third-order valence-corrected chi connectivity index (χ3v) is 3.01. The van der Waals surface area contributed by atoms with Crippen molar-refractivity contribution in [3.8, 4) is 5.75 Å². The number of aromatic nitrogens is 2. The van der Waals surface area contributed by atoms with Gasteiger partial charge < -0.3 is 14.4 Å². The minimum absolute atomic E-state index is 0.154. The Morgan fingerprint density at radius 3 is 2.70 bits per heavy atom. The van der Waals surface area contributed by atoms with Crippen molar-refractivity contribution < 1.29 is 14.4 Å². The normalized spacial score (nSPS) is 12.7. The summed E-state index contributed by atoms with van der Waals surface area (Å²) in [4.78, 5) is 4.23. The maximum Gasteiger partial charge on any atom is 0.264 e. The molecule has 0 saturated carbocycles. The van der Waals surface area contributed by atoms with Crippen LogP contribution in [0.1, 0.15) is 50.1 Å². The Morgan fingerprint density at radius 1 is 1.35 bits per heavy atom. The second-order valence-electron chi connectivity index (χ2n) is 4.85. The lowest BCUT2D eigenvalue weighted by molar-refractivity contribution is 0.185. The van der Waals surface area contributed by atoms with Crippen molar-refractivity contribution in [2.45, 2.75) is 39.4 Å². The Morgan fingerprint density at radius 2 is 2.10 bits per heavy atom. The molecule has 0 radical (unpaired) electrons. The lowest BCUT2D eigenvalue weighted by Crippen LogP contribution is -2.01. The molecule has 0 aliphatic rings. The highest BCUT2D eigenvalue weighted by Crippen LogP contribution is 2.28. The van der Waals surface area contributed by atoms with Crippen LogP contribution >= 0.6 is 11.6 Å². The summed E-state index contributed by atoms with van der Waals surface area (Å²) < 4.78 is 10.7. The number of aliphatic hydroxyl groups excluding tert-OH is 1. The number of halogens is 1. The number of aliphatic hydroxyl groups is 1. The SMILES string of the molecule is CC(C)c1noc(COc2ccc(Cl)cc2[C@@H](C)O)n1. The fourth-order valence-electron chi connectivity index (χ4n) is 1.68. The minimum atomic E-state index is -0.669. The highest BCUT2D eigenvalue weighted by atomic mass is 35.5. The Balaban J connectivity index is 2.10. The molecule has 5 nitrogen and oxygen atoms in total. The van der Waals surface area contributed by atoms with Crippen molar-refractivity contribution in [3.63, 3.8) is 0 Å². The van der Waals surface area contributed by atoms with Crippen LogP contribution in [0.15, 0.2) is 22.7 Å². The van der Waals surface area contributed by atoms with E-state index < -0.39 is 6.10 Å². The van der Waals surface area contributed by atoms with Gasteiger partial charge >= 0.3 is 0 Å². The lowest BCUT2D eigenvalue weighted by Gasteiger charge is -2.12. The van der Waals surface area contributed by atoms with Crippen LogP contribution in [0.5, 0.6) is 5.75 Å². The molecule has 0 aliphatic carbocycles. The standard InChI is InChI=1S/C14H17ClN2O3/c1-8(2)14-16-13(20-17-14)7-19-12-5-4-10(15)6-11(12)9(3)18/h4-6,8-9,18H,7H2,1-3H3/t9-/m1/s1. The molecule has 0 amide bonds. The van der Waals surface area contributed by atoms with Crippen LogP contribution in [0.25, 0.3) is 0 Å². The molecule has 1 atom stereocenters. The van der Waals surface area contributed by atoms with E-state index >= 15 is 0 Å². The van der Waals surface area contributed by atoms with E-state index in [4.69, 9.17) is 20.9 Å². The zero-order valence-corrected chi connectivity index (χ0v) is 12.4. The van der Waals surface area contributed by atoms with E-state index in [2.05, 4.69) is 10.1 Å². The lowest BCUT2D eigenvalue weighted by atomic mass is 10.1. The van der Waals surface area contributed by atoms with E-state index in [0.717, 1.165) is 0 Å². The van der Waals surface area contributed by atoms with Gasteiger partial charge in [0.2, 0.25) is 0 Å². The maximum atomic E-state index is 9.71. The number of ether oxygens (including phenoxy) is 1. The molecule has 1 aromatic carbocycles. The summed E-state index contributed by atoms with van der Waals surface area (Å²) in [6, 6.07) is 5.09. The van der Waals surface area contributed by atoms with Crippen molar-refractivity contribution in [2.75, 3.05) is 0 Å². The average Bonchev–Trinajstić information content (AvgIpc) is 2.86. The number of hydrogen-bond donors (Lipinski definition) is 1. The third kappa shape index (κ3) is 3.49. The fourth-order valence-corrected chi connectivity index (χ4v) is 1.86. The molecule has 108 valence electrons. The van der Waals surface area contributed by atoms with Crippen molar-refractivity contribution in [2.24, 2.45) is 0 Å². The van der Waals surface area contributed by atoms with E-state index in [1.165, 1.54) is 0 Å². The first kappa shape index (κ1) is 14.8. The van der Waals surface area contributed by atoms with E-state index in [9.17, 15) is 5.11 Å². The quantitative estimate of drug-likeness (QED) is 0.915. The van der Waals surface area contributed by atoms with Crippen molar-refractivity contribution >= 4 is 11.6 Å². The number of benzene rings is 1. The molecule has 1 N–H and O–H groups in total. The van der Waals surface area contributed by atoms with Crippen molar-refractivity contribution in [1.29, 1.82) is 0 Å². The van der Waals surface area contributed by atoms with E-state index in [0.29, 0.717) is 28.1 Å². The van der Waals surface area contributed by atoms with Gasteiger partial charge in [0.05, 0.1) is 6.10 Å². The summed E-state index contributed by atoms with van der Waals surface area (Å²) in [7, 11) is 0. The van der Waals surface area contributed by atoms with Gasteiger partial charge in [-0.1, -0.05) is 30.6 Å². The van der Waals surface area contributed by atoms with Gasteiger partial charge in [0.25, 0.3) is 5.89 Å². The molecule has 0 aliphatic heterocycles. The van der Waals surface area contributed by atoms with Gasteiger partial charge in [-0.3, -0.25) is 0 Å².